The molecule has 3 unspecified atom stereocenters. The maximum absolute atomic E-state index is 3.77. The highest BCUT2D eigenvalue weighted by molar-refractivity contribution is 5.08. The van der Waals surface area contributed by atoms with E-state index in [4.69, 9.17) is 0 Å². The first-order chi connectivity index (χ1) is 8.16. The number of aromatic nitrogens is 1. The van der Waals surface area contributed by atoms with Gasteiger partial charge in [0.15, 0.2) is 0 Å². The molecule has 0 saturated heterocycles. The van der Waals surface area contributed by atoms with E-state index in [1.54, 1.807) is 0 Å². The molecule has 0 spiro atoms. The van der Waals surface area contributed by atoms with Gasteiger partial charge in [-0.05, 0) is 42.2 Å². The maximum Gasteiger partial charge on any atom is 0.0223 e. The zero-order valence-corrected chi connectivity index (χ0v) is 11.4. The average Bonchev–Trinajstić information content (AvgIpc) is 2.78. The van der Waals surface area contributed by atoms with Crippen molar-refractivity contribution in [3.63, 3.8) is 0 Å². The molecule has 2 nitrogen and oxygen atoms in total. The Kier molecular flexibility index (Phi) is 4.27. The molecule has 17 heavy (non-hydrogen) atoms. The second kappa shape index (κ2) is 5.72. The van der Waals surface area contributed by atoms with Crippen molar-refractivity contribution in [2.24, 2.45) is 17.8 Å². The molecule has 2 N–H and O–H groups in total. The van der Waals surface area contributed by atoms with Crippen LogP contribution in [-0.2, 0) is 6.54 Å². The van der Waals surface area contributed by atoms with Crippen LogP contribution >= 0.6 is 0 Å². The molecule has 3 atom stereocenters. The van der Waals surface area contributed by atoms with Gasteiger partial charge < -0.3 is 10.3 Å². The van der Waals surface area contributed by atoms with Gasteiger partial charge in [0.25, 0.3) is 0 Å². The summed E-state index contributed by atoms with van der Waals surface area (Å²) in [4.78, 5) is 3.12. The summed E-state index contributed by atoms with van der Waals surface area (Å²) in [5.74, 6) is 2.53. The minimum absolute atomic E-state index is 0.702. The average molecular weight is 234 g/mol. The molecule has 0 amide bonds. The van der Waals surface area contributed by atoms with Crippen LogP contribution in [0.4, 0.5) is 0 Å². The number of aromatic amines is 1. The summed E-state index contributed by atoms with van der Waals surface area (Å²) in [5, 5.41) is 3.77. The smallest absolute Gasteiger partial charge is 0.0223 e. The first-order valence-electron chi connectivity index (χ1n) is 7.02. The predicted octanol–water partition coefficient (Wildman–Crippen LogP) is 3.57. The van der Waals surface area contributed by atoms with Crippen LogP contribution in [0.1, 0.15) is 45.6 Å². The lowest BCUT2D eigenvalue weighted by molar-refractivity contribution is 0.169. The van der Waals surface area contributed by atoms with Crippen molar-refractivity contribution >= 4 is 0 Å². The molecule has 0 bridgehead atoms. The van der Waals surface area contributed by atoms with Gasteiger partial charge in [-0.25, -0.2) is 0 Å². The van der Waals surface area contributed by atoms with Gasteiger partial charge in [-0.3, -0.25) is 0 Å². The van der Waals surface area contributed by atoms with E-state index in [9.17, 15) is 0 Å². The Balaban J connectivity index is 1.90. The summed E-state index contributed by atoms with van der Waals surface area (Å²) in [6.07, 6.45) is 8.23. The minimum Gasteiger partial charge on any atom is -0.367 e. The summed E-state index contributed by atoms with van der Waals surface area (Å²) < 4.78 is 0. The lowest BCUT2D eigenvalue weighted by atomic mass is 9.74. The van der Waals surface area contributed by atoms with E-state index in [-0.39, 0.29) is 0 Å². The van der Waals surface area contributed by atoms with E-state index in [1.807, 2.05) is 6.20 Å². The highest BCUT2D eigenvalue weighted by Gasteiger charge is 2.30. The highest BCUT2D eigenvalue weighted by atomic mass is 14.9. The number of hydrogen-bond acceptors (Lipinski definition) is 1. The van der Waals surface area contributed by atoms with Crippen LogP contribution in [0.25, 0.3) is 0 Å². The predicted molar refractivity (Wildman–Crippen MR) is 72.8 cm³/mol. The van der Waals surface area contributed by atoms with Gasteiger partial charge in [0.1, 0.15) is 0 Å². The van der Waals surface area contributed by atoms with Crippen molar-refractivity contribution in [2.45, 2.75) is 52.6 Å². The Bertz CT molecular complexity index is 316. The fourth-order valence-electron chi connectivity index (χ4n) is 3.15. The molecular weight excluding hydrogens is 208 g/mol. The minimum atomic E-state index is 0.702. The molecule has 1 saturated carbocycles. The molecule has 2 rings (SSSR count). The van der Waals surface area contributed by atoms with Crippen LogP contribution in [0.3, 0.4) is 0 Å². The second-order valence-corrected chi connectivity index (χ2v) is 6.03. The molecule has 0 radical (unpaired) electrons. The molecule has 1 fully saturated rings. The molecule has 0 aliphatic heterocycles. The van der Waals surface area contributed by atoms with Crippen LogP contribution in [0, 0.1) is 17.8 Å². The summed E-state index contributed by atoms with van der Waals surface area (Å²) in [6.45, 7) is 8.13. The molecule has 2 heteroatoms. The molecule has 1 aliphatic carbocycles. The monoisotopic (exact) mass is 234 g/mol. The van der Waals surface area contributed by atoms with Crippen molar-refractivity contribution in [1.29, 1.82) is 0 Å². The third kappa shape index (κ3) is 3.35. The standard InChI is InChI=1S/C15H26N2/c1-11(2)14-5-4-12(3)8-15(14)17-10-13-6-7-16-9-13/h6-7,9,11-12,14-17H,4-5,8,10H2,1-3H3. The van der Waals surface area contributed by atoms with E-state index in [0.717, 1.165) is 24.3 Å². The zero-order valence-electron chi connectivity index (χ0n) is 11.4. The SMILES string of the molecule is CC1CCC(C(C)C)C(NCc2cc[nH]c2)C1. The third-order valence-electron chi connectivity index (χ3n) is 4.25. The van der Waals surface area contributed by atoms with Crippen molar-refractivity contribution in [3.8, 4) is 0 Å². The van der Waals surface area contributed by atoms with Crippen LogP contribution in [0.15, 0.2) is 18.5 Å². The highest BCUT2D eigenvalue weighted by Crippen LogP contribution is 2.33. The normalized spacial score (nSPS) is 29.8. The summed E-state index contributed by atoms with van der Waals surface area (Å²) in [5.41, 5.74) is 1.37. The van der Waals surface area contributed by atoms with E-state index in [1.165, 1.54) is 24.8 Å². The topological polar surface area (TPSA) is 27.8 Å². The number of hydrogen-bond donors (Lipinski definition) is 2. The Hall–Kier alpha value is -0.760. The van der Waals surface area contributed by atoms with Gasteiger partial charge in [0.2, 0.25) is 0 Å². The third-order valence-corrected chi connectivity index (χ3v) is 4.25. The fraction of sp³-hybridized carbons (Fsp3) is 0.733. The molecule has 1 heterocycles. The fourth-order valence-corrected chi connectivity index (χ4v) is 3.15. The first kappa shape index (κ1) is 12.7. The Morgan fingerprint density at radius 1 is 1.41 bits per heavy atom. The molecule has 96 valence electrons. The number of nitrogens with one attached hydrogen (secondary N) is 2. The number of H-pyrrole nitrogens is 1. The lowest BCUT2D eigenvalue weighted by Gasteiger charge is -2.38. The first-order valence-corrected chi connectivity index (χ1v) is 7.02. The van der Waals surface area contributed by atoms with Crippen molar-refractivity contribution < 1.29 is 0 Å². The molecule has 0 aromatic carbocycles. The summed E-state index contributed by atoms with van der Waals surface area (Å²) in [6, 6.07) is 2.86. The van der Waals surface area contributed by atoms with E-state index in [0.29, 0.717) is 6.04 Å². The molecule has 1 aromatic rings. The van der Waals surface area contributed by atoms with Crippen LogP contribution in [-0.4, -0.2) is 11.0 Å². The van der Waals surface area contributed by atoms with E-state index >= 15 is 0 Å². The summed E-state index contributed by atoms with van der Waals surface area (Å²) in [7, 11) is 0. The quantitative estimate of drug-likeness (QED) is 0.819. The zero-order chi connectivity index (χ0) is 12.3. The van der Waals surface area contributed by atoms with Gasteiger partial charge in [-0.2, -0.15) is 0 Å². The molecule has 1 aromatic heterocycles. The van der Waals surface area contributed by atoms with Crippen molar-refractivity contribution in [3.05, 3.63) is 24.0 Å². The lowest BCUT2D eigenvalue weighted by Crippen LogP contribution is -2.42. The molecular formula is C15H26N2. The van der Waals surface area contributed by atoms with Gasteiger partial charge in [0, 0.05) is 25.0 Å². The van der Waals surface area contributed by atoms with Crippen LogP contribution in [0.5, 0.6) is 0 Å². The maximum atomic E-state index is 3.77. The summed E-state index contributed by atoms with van der Waals surface area (Å²) >= 11 is 0. The van der Waals surface area contributed by atoms with Crippen molar-refractivity contribution in [1.82, 2.24) is 10.3 Å². The van der Waals surface area contributed by atoms with E-state index < -0.39 is 0 Å². The second-order valence-electron chi connectivity index (χ2n) is 6.03. The Morgan fingerprint density at radius 3 is 2.88 bits per heavy atom. The Morgan fingerprint density at radius 2 is 2.24 bits per heavy atom. The van der Waals surface area contributed by atoms with Gasteiger partial charge >= 0.3 is 0 Å². The number of rotatable bonds is 4. The van der Waals surface area contributed by atoms with Crippen LogP contribution in [0.2, 0.25) is 0 Å². The van der Waals surface area contributed by atoms with Crippen LogP contribution < -0.4 is 5.32 Å². The largest absolute Gasteiger partial charge is 0.367 e. The van der Waals surface area contributed by atoms with Crippen molar-refractivity contribution in [2.75, 3.05) is 0 Å². The molecule has 1 aliphatic rings. The van der Waals surface area contributed by atoms with E-state index in [2.05, 4.69) is 43.3 Å². The Labute approximate surface area is 105 Å². The van der Waals surface area contributed by atoms with Gasteiger partial charge in [-0.15, -0.1) is 0 Å². The van der Waals surface area contributed by atoms with Gasteiger partial charge in [0.05, 0.1) is 0 Å². The van der Waals surface area contributed by atoms with Gasteiger partial charge in [-0.1, -0.05) is 27.2 Å².